The van der Waals surface area contributed by atoms with Crippen LogP contribution in [0.25, 0.3) is 0 Å². The van der Waals surface area contributed by atoms with E-state index < -0.39 is 0 Å². The standard InChI is InChI=1S/C12H13BrClNOS/c1-15(9-4-5-17-7-9)12(16)10-3-2-8(14)6-11(10)13/h2-3,6,9H,4-5,7H2,1H3. The predicted octanol–water partition coefficient (Wildman–Crippen LogP) is 3.68. The van der Waals surface area contributed by atoms with Gasteiger partial charge in [-0.1, -0.05) is 11.6 Å². The molecule has 1 aliphatic rings. The number of carbonyl (C=O) groups excluding carboxylic acids is 1. The molecule has 17 heavy (non-hydrogen) atoms. The molecule has 5 heteroatoms. The van der Waals surface area contributed by atoms with E-state index in [4.69, 9.17) is 11.6 Å². The molecule has 0 N–H and O–H groups in total. The minimum Gasteiger partial charge on any atom is -0.338 e. The fraction of sp³-hybridized carbons (Fsp3) is 0.417. The van der Waals surface area contributed by atoms with Crippen molar-refractivity contribution < 1.29 is 4.79 Å². The monoisotopic (exact) mass is 333 g/mol. The van der Waals surface area contributed by atoms with Gasteiger partial charge in [0.25, 0.3) is 5.91 Å². The fourth-order valence-electron chi connectivity index (χ4n) is 1.85. The van der Waals surface area contributed by atoms with Crippen LogP contribution in [0, 0.1) is 0 Å². The van der Waals surface area contributed by atoms with E-state index in [0.29, 0.717) is 16.6 Å². The van der Waals surface area contributed by atoms with Crippen LogP contribution >= 0.6 is 39.3 Å². The Hall–Kier alpha value is -0.190. The number of nitrogens with zero attached hydrogens (tertiary/aromatic N) is 1. The van der Waals surface area contributed by atoms with Crippen molar-refractivity contribution in [3.8, 4) is 0 Å². The first-order valence-electron chi connectivity index (χ1n) is 5.39. The van der Waals surface area contributed by atoms with Crippen LogP contribution in [0.5, 0.6) is 0 Å². The molecular weight excluding hydrogens is 322 g/mol. The average Bonchev–Trinajstić information content (AvgIpc) is 2.80. The van der Waals surface area contributed by atoms with Crippen LogP contribution in [0.1, 0.15) is 16.8 Å². The van der Waals surface area contributed by atoms with E-state index in [1.165, 1.54) is 0 Å². The predicted molar refractivity (Wildman–Crippen MR) is 77.0 cm³/mol. The van der Waals surface area contributed by atoms with Gasteiger partial charge in [0.2, 0.25) is 0 Å². The molecule has 0 aliphatic carbocycles. The van der Waals surface area contributed by atoms with Gasteiger partial charge in [-0.2, -0.15) is 11.8 Å². The topological polar surface area (TPSA) is 20.3 Å². The van der Waals surface area contributed by atoms with Gasteiger partial charge in [-0.15, -0.1) is 0 Å². The summed E-state index contributed by atoms with van der Waals surface area (Å²) in [7, 11) is 1.87. The molecule has 1 atom stereocenters. The summed E-state index contributed by atoms with van der Waals surface area (Å²) >= 11 is 11.2. The lowest BCUT2D eigenvalue weighted by Crippen LogP contribution is -2.37. The lowest BCUT2D eigenvalue weighted by Gasteiger charge is -2.24. The van der Waals surface area contributed by atoms with Gasteiger partial charge in [0.1, 0.15) is 0 Å². The number of hydrogen-bond acceptors (Lipinski definition) is 2. The second-order valence-corrected chi connectivity index (χ2v) is 6.50. The molecule has 0 saturated carbocycles. The molecule has 0 spiro atoms. The summed E-state index contributed by atoms with van der Waals surface area (Å²) in [5, 5.41) is 0.632. The third kappa shape index (κ3) is 2.98. The molecule has 1 amide bonds. The summed E-state index contributed by atoms with van der Waals surface area (Å²) < 4.78 is 0.757. The molecule has 0 aromatic heterocycles. The highest BCUT2D eigenvalue weighted by Crippen LogP contribution is 2.26. The van der Waals surface area contributed by atoms with Gasteiger partial charge >= 0.3 is 0 Å². The highest BCUT2D eigenvalue weighted by Gasteiger charge is 2.25. The molecule has 92 valence electrons. The van der Waals surface area contributed by atoms with Crippen molar-refractivity contribution in [1.29, 1.82) is 0 Å². The van der Waals surface area contributed by atoms with E-state index in [9.17, 15) is 4.79 Å². The van der Waals surface area contributed by atoms with Gasteiger partial charge in [-0.3, -0.25) is 4.79 Å². The average molecular weight is 335 g/mol. The van der Waals surface area contributed by atoms with Crippen LogP contribution in [0.2, 0.25) is 5.02 Å². The molecule has 0 bridgehead atoms. The lowest BCUT2D eigenvalue weighted by atomic mass is 10.1. The zero-order valence-electron chi connectivity index (χ0n) is 9.45. The Labute approximate surface area is 119 Å². The molecule has 2 nitrogen and oxygen atoms in total. The van der Waals surface area contributed by atoms with Crippen molar-refractivity contribution in [3.63, 3.8) is 0 Å². The summed E-state index contributed by atoms with van der Waals surface area (Å²) in [5.74, 6) is 2.23. The van der Waals surface area contributed by atoms with E-state index in [-0.39, 0.29) is 5.91 Å². The number of benzene rings is 1. The van der Waals surface area contributed by atoms with E-state index >= 15 is 0 Å². The molecule has 1 unspecified atom stereocenters. The Kier molecular flexibility index (Phi) is 4.39. The Bertz CT molecular complexity index is 435. The first kappa shape index (κ1) is 13.2. The van der Waals surface area contributed by atoms with E-state index in [2.05, 4.69) is 15.9 Å². The number of halogens is 2. The molecule has 1 aliphatic heterocycles. The molecule has 1 fully saturated rings. The first-order chi connectivity index (χ1) is 8.09. The smallest absolute Gasteiger partial charge is 0.255 e. The van der Waals surface area contributed by atoms with E-state index in [1.54, 1.807) is 18.2 Å². The van der Waals surface area contributed by atoms with Gasteiger partial charge in [-0.25, -0.2) is 0 Å². The second kappa shape index (κ2) is 5.63. The lowest BCUT2D eigenvalue weighted by molar-refractivity contribution is 0.0747. The Balaban J connectivity index is 2.18. The van der Waals surface area contributed by atoms with Gasteiger partial charge in [0, 0.05) is 28.3 Å². The number of amides is 1. The van der Waals surface area contributed by atoms with Crippen LogP contribution in [-0.4, -0.2) is 35.4 Å². The third-order valence-corrected chi connectivity index (χ3v) is 4.97. The maximum absolute atomic E-state index is 12.3. The third-order valence-electron chi connectivity index (χ3n) is 2.94. The van der Waals surface area contributed by atoms with Crippen molar-refractivity contribution in [1.82, 2.24) is 4.90 Å². The molecule has 0 radical (unpaired) electrons. The summed E-state index contributed by atoms with van der Waals surface area (Å²) in [6.45, 7) is 0. The van der Waals surface area contributed by atoms with Crippen molar-refractivity contribution in [2.75, 3.05) is 18.6 Å². The molecule has 1 heterocycles. The minimum atomic E-state index is 0.0565. The van der Waals surface area contributed by atoms with Crippen molar-refractivity contribution in [2.45, 2.75) is 12.5 Å². The fourth-order valence-corrected chi connectivity index (χ4v) is 3.97. The van der Waals surface area contributed by atoms with E-state index in [0.717, 1.165) is 22.4 Å². The number of carbonyl (C=O) groups is 1. The molecule has 1 saturated heterocycles. The Morgan fingerprint density at radius 3 is 2.94 bits per heavy atom. The molecule has 2 rings (SSSR count). The quantitative estimate of drug-likeness (QED) is 0.822. The summed E-state index contributed by atoms with van der Waals surface area (Å²) in [4.78, 5) is 14.1. The van der Waals surface area contributed by atoms with Gasteiger partial charge < -0.3 is 4.90 Å². The van der Waals surface area contributed by atoms with Gasteiger partial charge in [0.15, 0.2) is 0 Å². The molecule has 1 aromatic carbocycles. The Morgan fingerprint density at radius 2 is 2.35 bits per heavy atom. The minimum absolute atomic E-state index is 0.0565. The van der Waals surface area contributed by atoms with Gasteiger partial charge in [-0.05, 0) is 46.3 Å². The molecular formula is C12H13BrClNOS. The maximum atomic E-state index is 12.3. The normalized spacial score (nSPS) is 19.4. The summed E-state index contributed by atoms with van der Waals surface area (Å²) in [6.07, 6.45) is 1.08. The maximum Gasteiger partial charge on any atom is 0.255 e. The zero-order valence-corrected chi connectivity index (χ0v) is 12.6. The summed E-state index contributed by atoms with van der Waals surface area (Å²) in [5.41, 5.74) is 0.675. The highest BCUT2D eigenvalue weighted by molar-refractivity contribution is 9.10. The largest absolute Gasteiger partial charge is 0.338 e. The number of thioether (sulfide) groups is 1. The number of hydrogen-bond donors (Lipinski definition) is 0. The zero-order chi connectivity index (χ0) is 12.4. The van der Waals surface area contributed by atoms with Crippen LogP contribution in [0.15, 0.2) is 22.7 Å². The van der Waals surface area contributed by atoms with Crippen LogP contribution in [0.4, 0.5) is 0 Å². The van der Waals surface area contributed by atoms with Crippen LogP contribution < -0.4 is 0 Å². The van der Waals surface area contributed by atoms with Crippen molar-refractivity contribution >= 4 is 45.2 Å². The number of rotatable bonds is 2. The first-order valence-corrected chi connectivity index (χ1v) is 7.72. The van der Waals surface area contributed by atoms with E-state index in [1.807, 2.05) is 23.7 Å². The van der Waals surface area contributed by atoms with Crippen molar-refractivity contribution in [2.24, 2.45) is 0 Å². The van der Waals surface area contributed by atoms with Crippen LogP contribution in [0.3, 0.4) is 0 Å². The molecule has 1 aromatic rings. The van der Waals surface area contributed by atoms with Crippen LogP contribution in [-0.2, 0) is 0 Å². The summed E-state index contributed by atoms with van der Waals surface area (Å²) in [6, 6.07) is 5.63. The SMILES string of the molecule is CN(C(=O)c1ccc(Cl)cc1Br)C1CCSC1. The van der Waals surface area contributed by atoms with Crippen molar-refractivity contribution in [3.05, 3.63) is 33.3 Å². The second-order valence-electron chi connectivity index (χ2n) is 4.06. The highest BCUT2D eigenvalue weighted by atomic mass is 79.9. The van der Waals surface area contributed by atoms with Gasteiger partial charge in [0.05, 0.1) is 5.56 Å². The Morgan fingerprint density at radius 1 is 1.59 bits per heavy atom.